The highest BCUT2D eigenvalue weighted by molar-refractivity contribution is 7.89. The van der Waals surface area contributed by atoms with Gasteiger partial charge in [-0.1, -0.05) is 11.6 Å². The fourth-order valence-electron chi connectivity index (χ4n) is 1.69. The molecule has 20 heavy (non-hydrogen) atoms. The summed E-state index contributed by atoms with van der Waals surface area (Å²) in [6, 6.07) is 4.27. The lowest BCUT2D eigenvalue weighted by Gasteiger charge is -2.11. The smallest absolute Gasteiger partial charge is 0.258 e. The summed E-state index contributed by atoms with van der Waals surface area (Å²) in [6.45, 7) is 0. The Balaban J connectivity index is 2.32. The van der Waals surface area contributed by atoms with Crippen molar-refractivity contribution in [2.24, 2.45) is 5.92 Å². The van der Waals surface area contributed by atoms with E-state index in [9.17, 15) is 18.5 Å². The van der Waals surface area contributed by atoms with E-state index in [-0.39, 0.29) is 15.8 Å². The van der Waals surface area contributed by atoms with Gasteiger partial charge in [0.15, 0.2) is 0 Å². The van der Waals surface area contributed by atoms with Crippen molar-refractivity contribution in [1.29, 1.82) is 5.26 Å². The maximum Gasteiger partial charge on any atom is 0.289 e. The van der Waals surface area contributed by atoms with Crippen molar-refractivity contribution in [2.75, 3.05) is 0 Å². The summed E-state index contributed by atoms with van der Waals surface area (Å²) in [7, 11) is -3.98. The highest BCUT2D eigenvalue weighted by Crippen LogP contribution is 2.33. The minimum absolute atomic E-state index is 0.0112. The van der Waals surface area contributed by atoms with Gasteiger partial charge in [-0.15, -0.1) is 0 Å². The van der Waals surface area contributed by atoms with Gasteiger partial charge in [-0.3, -0.25) is 10.1 Å². The standard InChI is InChI=1S/C11H10ClN3O4S/c12-9-4-3-8(5-11(9)15(16)17)20(18,19)14-10(6-13)7-1-2-7/h3-5,7,10,14H,1-2H2. The summed E-state index contributed by atoms with van der Waals surface area (Å²) in [4.78, 5) is 9.71. The lowest BCUT2D eigenvalue weighted by atomic mass is 10.2. The second kappa shape index (κ2) is 5.36. The van der Waals surface area contributed by atoms with E-state index in [0.717, 1.165) is 25.0 Å². The molecular weight excluding hydrogens is 306 g/mol. The Hall–Kier alpha value is -1.69. The average Bonchev–Trinajstić information content (AvgIpc) is 3.20. The van der Waals surface area contributed by atoms with Crippen LogP contribution in [0.3, 0.4) is 0 Å². The zero-order chi connectivity index (χ0) is 14.9. The number of nitriles is 1. The van der Waals surface area contributed by atoms with E-state index in [0.29, 0.717) is 0 Å². The van der Waals surface area contributed by atoms with Gasteiger partial charge < -0.3 is 0 Å². The van der Waals surface area contributed by atoms with Crippen LogP contribution in [0.25, 0.3) is 0 Å². The fraction of sp³-hybridized carbons (Fsp3) is 0.364. The second-order valence-corrected chi connectivity index (χ2v) is 6.56. The summed E-state index contributed by atoms with van der Waals surface area (Å²) in [6.07, 6.45) is 1.59. The molecule has 1 aliphatic carbocycles. The fourth-order valence-corrected chi connectivity index (χ4v) is 3.11. The van der Waals surface area contributed by atoms with Gasteiger partial charge in [-0.2, -0.15) is 9.98 Å². The zero-order valence-corrected chi connectivity index (χ0v) is 11.7. The average molecular weight is 316 g/mol. The predicted octanol–water partition coefficient (Wildman–Crippen LogP) is 1.83. The van der Waals surface area contributed by atoms with E-state index in [4.69, 9.17) is 16.9 Å². The van der Waals surface area contributed by atoms with Crippen molar-refractivity contribution in [3.05, 3.63) is 33.3 Å². The molecule has 1 atom stereocenters. The highest BCUT2D eigenvalue weighted by Gasteiger charge is 2.34. The van der Waals surface area contributed by atoms with Crippen molar-refractivity contribution in [3.63, 3.8) is 0 Å². The number of sulfonamides is 1. The molecule has 1 aromatic rings. The molecule has 2 rings (SSSR count). The van der Waals surface area contributed by atoms with Crippen molar-refractivity contribution in [1.82, 2.24) is 4.72 Å². The first-order valence-electron chi connectivity index (χ1n) is 5.71. The van der Waals surface area contributed by atoms with E-state index in [2.05, 4.69) is 4.72 Å². The molecule has 9 heteroatoms. The van der Waals surface area contributed by atoms with Gasteiger partial charge in [-0.25, -0.2) is 8.42 Å². The molecule has 1 N–H and O–H groups in total. The number of rotatable bonds is 5. The normalized spacial score (nSPS) is 16.4. The molecular formula is C11H10ClN3O4S. The molecule has 1 unspecified atom stereocenters. The topological polar surface area (TPSA) is 113 Å². The molecule has 1 aromatic carbocycles. The summed E-state index contributed by atoms with van der Waals surface area (Å²) in [5.74, 6) is 0.0112. The van der Waals surface area contributed by atoms with E-state index in [1.807, 2.05) is 6.07 Å². The van der Waals surface area contributed by atoms with E-state index < -0.39 is 26.7 Å². The molecule has 1 aliphatic rings. The lowest BCUT2D eigenvalue weighted by Crippen LogP contribution is -2.35. The van der Waals surface area contributed by atoms with Gasteiger partial charge in [0.05, 0.1) is 15.9 Å². The molecule has 7 nitrogen and oxygen atoms in total. The van der Waals surface area contributed by atoms with Crippen LogP contribution in [0.5, 0.6) is 0 Å². The Morgan fingerprint density at radius 3 is 2.65 bits per heavy atom. The van der Waals surface area contributed by atoms with Gasteiger partial charge in [0.25, 0.3) is 5.69 Å². The SMILES string of the molecule is N#CC(NS(=O)(=O)c1ccc(Cl)c([N+](=O)[O-])c1)C1CC1. The Morgan fingerprint density at radius 2 is 2.15 bits per heavy atom. The molecule has 0 saturated heterocycles. The first-order valence-corrected chi connectivity index (χ1v) is 7.57. The molecule has 1 saturated carbocycles. The Labute approximate surface area is 120 Å². The Bertz CT molecular complexity index is 694. The largest absolute Gasteiger partial charge is 0.289 e. The highest BCUT2D eigenvalue weighted by atomic mass is 35.5. The molecule has 0 aromatic heterocycles. The first kappa shape index (κ1) is 14.7. The number of hydrogen-bond acceptors (Lipinski definition) is 5. The molecule has 106 valence electrons. The van der Waals surface area contributed by atoms with Gasteiger partial charge in [0.2, 0.25) is 10.0 Å². The quantitative estimate of drug-likeness (QED) is 0.657. The molecule has 0 amide bonds. The predicted molar refractivity (Wildman–Crippen MR) is 70.6 cm³/mol. The van der Waals surface area contributed by atoms with E-state index in [1.54, 1.807) is 0 Å². The maximum atomic E-state index is 12.1. The monoisotopic (exact) mass is 315 g/mol. The summed E-state index contributed by atoms with van der Waals surface area (Å²) in [5.41, 5.74) is -0.491. The third-order valence-electron chi connectivity index (χ3n) is 2.94. The van der Waals surface area contributed by atoms with Gasteiger partial charge in [-0.05, 0) is 30.9 Å². The number of halogens is 1. The molecule has 0 aliphatic heterocycles. The summed E-state index contributed by atoms with van der Waals surface area (Å²) >= 11 is 5.63. The van der Waals surface area contributed by atoms with Gasteiger partial charge in [0, 0.05) is 6.07 Å². The van der Waals surface area contributed by atoms with Gasteiger partial charge >= 0.3 is 0 Å². The lowest BCUT2D eigenvalue weighted by molar-refractivity contribution is -0.384. The van der Waals surface area contributed by atoms with Crippen LogP contribution in [-0.2, 0) is 10.0 Å². The molecule has 0 radical (unpaired) electrons. The van der Waals surface area contributed by atoms with Crippen LogP contribution in [0.2, 0.25) is 5.02 Å². The van der Waals surface area contributed by atoms with Crippen LogP contribution >= 0.6 is 11.6 Å². The van der Waals surface area contributed by atoms with Crippen LogP contribution in [0, 0.1) is 27.4 Å². The third-order valence-corrected chi connectivity index (χ3v) is 4.70. The number of nitro benzene ring substituents is 1. The van der Waals surface area contributed by atoms with Crippen LogP contribution in [0.15, 0.2) is 23.1 Å². The first-order chi connectivity index (χ1) is 9.35. The van der Waals surface area contributed by atoms with Crippen molar-refractivity contribution in [2.45, 2.75) is 23.8 Å². The molecule has 0 bridgehead atoms. The molecule has 0 heterocycles. The summed E-state index contributed by atoms with van der Waals surface area (Å²) in [5, 5.41) is 19.5. The maximum absolute atomic E-state index is 12.1. The van der Waals surface area contributed by atoms with Crippen LogP contribution in [0.1, 0.15) is 12.8 Å². The second-order valence-electron chi connectivity index (χ2n) is 4.44. The zero-order valence-electron chi connectivity index (χ0n) is 10.1. The van der Waals surface area contributed by atoms with Gasteiger partial charge in [0.1, 0.15) is 11.1 Å². The minimum atomic E-state index is -3.98. The Morgan fingerprint density at radius 1 is 1.50 bits per heavy atom. The van der Waals surface area contributed by atoms with Crippen LogP contribution < -0.4 is 4.72 Å². The molecule has 1 fully saturated rings. The number of nitro groups is 1. The number of nitrogens with zero attached hydrogens (tertiary/aromatic N) is 2. The van der Waals surface area contributed by atoms with Crippen LogP contribution in [0.4, 0.5) is 5.69 Å². The van der Waals surface area contributed by atoms with E-state index >= 15 is 0 Å². The van der Waals surface area contributed by atoms with Crippen molar-refractivity contribution < 1.29 is 13.3 Å². The number of hydrogen-bond donors (Lipinski definition) is 1. The number of nitrogens with one attached hydrogen (secondary N) is 1. The number of benzene rings is 1. The Kier molecular flexibility index (Phi) is 3.94. The minimum Gasteiger partial charge on any atom is -0.258 e. The van der Waals surface area contributed by atoms with Crippen molar-refractivity contribution >= 4 is 27.3 Å². The van der Waals surface area contributed by atoms with E-state index in [1.165, 1.54) is 6.07 Å². The summed E-state index contributed by atoms with van der Waals surface area (Å²) < 4.78 is 26.4. The molecule has 0 spiro atoms. The van der Waals surface area contributed by atoms with Crippen molar-refractivity contribution in [3.8, 4) is 6.07 Å². The third kappa shape index (κ3) is 3.07. The van der Waals surface area contributed by atoms with Crippen LogP contribution in [-0.4, -0.2) is 19.4 Å².